The Morgan fingerprint density at radius 3 is 1.20 bits per heavy atom. The van der Waals surface area contributed by atoms with E-state index < -0.39 is 10.8 Å². The van der Waals surface area contributed by atoms with Crippen LogP contribution in [0.2, 0.25) is 0 Å². The van der Waals surface area contributed by atoms with Crippen molar-refractivity contribution < 1.29 is 0 Å². The van der Waals surface area contributed by atoms with Gasteiger partial charge in [-0.2, -0.15) is 0 Å². The fourth-order valence-corrected chi connectivity index (χ4v) is 10.6. The van der Waals surface area contributed by atoms with E-state index in [1.54, 1.807) is 0 Å². The molecule has 2 heteroatoms. The van der Waals surface area contributed by atoms with E-state index in [0.29, 0.717) is 0 Å². The topological polar surface area (TPSA) is 25.8 Å². The summed E-state index contributed by atoms with van der Waals surface area (Å²) < 4.78 is 0. The minimum Gasteiger partial charge on any atom is -0.228 e. The second-order valence-electron chi connectivity index (χ2n) is 15.2. The largest absolute Gasteiger partial charge is 0.228 e. The van der Waals surface area contributed by atoms with Gasteiger partial charge in [0.1, 0.15) is 0 Å². The Hall–Kier alpha value is -7.16. The van der Waals surface area contributed by atoms with Crippen molar-refractivity contribution in [3.05, 3.63) is 251 Å². The third kappa shape index (κ3) is 3.95. The van der Waals surface area contributed by atoms with Crippen molar-refractivity contribution in [2.45, 2.75) is 10.8 Å². The average molecular weight is 711 g/mol. The molecule has 0 saturated heterocycles. The van der Waals surface area contributed by atoms with Gasteiger partial charge in [-0.15, -0.1) is 0 Å². The molecule has 0 saturated carbocycles. The van der Waals surface area contributed by atoms with Gasteiger partial charge in [0, 0.05) is 16.7 Å². The van der Waals surface area contributed by atoms with Gasteiger partial charge in [0.2, 0.25) is 0 Å². The predicted molar refractivity (Wildman–Crippen MR) is 227 cm³/mol. The third-order valence-corrected chi connectivity index (χ3v) is 12.6. The van der Waals surface area contributed by atoms with Crippen LogP contribution in [0, 0.1) is 0 Å². The Kier molecular flexibility index (Phi) is 6.50. The van der Waals surface area contributed by atoms with E-state index in [9.17, 15) is 0 Å². The second-order valence-corrected chi connectivity index (χ2v) is 15.2. The van der Waals surface area contributed by atoms with Crippen LogP contribution in [0.1, 0.15) is 44.5 Å². The van der Waals surface area contributed by atoms with Crippen molar-refractivity contribution in [3.63, 3.8) is 0 Å². The molecule has 56 heavy (non-hydrogen) atoms. The molecule has 0 fully saturated rings. The Bertz CT molecular complexity index is 2880. The smallest absolute Gasteiger partial charge is 0.160 e. The minimum atomic E-state index is -0.565. The molecule has 1 aromatic heterocycles. The molecule has 3 aliphatic rings. The van der Waals surface area contributed by atoms with E-state index in [1.165, 1.54) is 66.8 Å². The summed E-state index contributed by atoms with van der Waals surface area (Å²) in [7, 11) is 0. The molecule has 1 heterocycles. The number of rotatable bonds is 3. The lowest BCUT2D eigenvalue weighted by molar-refractivity contribution is 0.633. The van der Waals surface area contributed by atoms with Crippen molar-refractivity contribution in [2.75, 3.05) is 0 Å². The maximum atomic E-state index is 5.37. The highest BCUT2D eigenvalue weighted by Gasteiger charge is 2.59. The molecule has 12 rings (SSSR count). The lowest BCUT2D eigenvalue weighted by Crippen LogP contribution is -2.43. The first-order valence-electron chi connectivity index (χ1n) is 19.4. The highest BCUT2D eigenvalue weighted by atomic mass is 14.9. The highest BCUT2D eigenvalue weighted by molar-refractivity contribution is 5.98. The van der Waals surface area contributed by atoms with Crippen LogP contribution in [0.15, 0.2) is 206 Å². The monoisotopic (exact) mass is 710 g/mol. The van der Waals surface area contributed by atoms with Gasteiger partial charge in [-0.25, -0.2) is 9.97 Å². The number of nitrogens with zero attached hydrogens (tertiary/aromatic N) is 2. The van der Waals surface area contributed by atoms with E-state index in [0.717, 1.165) is 33.9 Å². The van der Waals surface area contributed by atoms with Crippen LogP contribution in [0.4, 0.5) is 0 Å². The first-order valence-corrected chi connectivity index (χ1v) is 19.4. The first kappa shape index (κ1) is 31.2. The summed E-state index contributed by atoms with van der Waals surface area (Å²) in [5.41, 5.74) is 19.6. The Morgan fingerprint density at radius 1 is 0.268 bits per heavy atom. The zero-order valence-electron chi connectivity index (χ0n) is 30.5. The highest BCUT2D eigenvalue weighted by Crippen LogP contribution is 2.67. The molecule has 0 N–H and O–H groups in total. The van der Waals surface area contributed by atoms with Crippen LogP contribution in [0.5, 0.6) is 0 Å². The molecule has 0 unspecified atom stereocenters. The lowest BCUT2D eigenvalue weighted by Gasteiger charge is -2.48. The summed E-state index contributed by atoms with van der Waals surface area (Å²) >= 11 is 0. The van der Waals surface area contributed by atoms with Crippen molar-refractivity contribution in [1.82, 2.24) is 9.97 Å². The van der Waals surface area contributed by atoms with Crippen molar-refractivity contribution >= 4 is 0 Å². The maximum Gasteiger partial charge on any atom is 0.160 e. The number of hydrogen-bond acceptors (Lipinski definition) is 2. The molecule has 0 aliphatic heterocycles. The van der Waals surface area contributed by atoms with Crippen LogP contribution in [-0.4, -0.2) is 9.97 Å². The Balaban J connectivity index is 1.19. The van der Waals surface area contributed by atoms with Gasteiger partial charge in [0.15, 0.2) is 5.82 Å². The van der Waals surface area contributed by atoms with Gasteiger partial charge in [-0.05, 0) is 72.8 Å². The average Bonchev–Trinajstić information content (AvgIpc) is 3.75. The van der Waals surface area contributed by atoms with Crippen molar-refractivity contribution in [3.8, 4) is 56.2 Å². The van der Waals surface area contributed by atoms with E-state index in [4.69, 9.17) is 9.97 Å². The molecule has 260 valence electrons. The zero-order valence-corrected chi connectivity index (χ0v) is 30.5. The number of fused-ring (bicyclic) bond motifs is 16. The fourth-order valence-electron chi connectivity index (χ4n) is 10.6. The van der Waals surface area contributed by atoms with Gasteiger partial charge in [-0.1, -0.05) is 200 Å². The third-order valence-electron chi connectivity index (χ3n) is 12.6. The number of hydrogen-bond donors (Lipinski definition) is 0. The van der Waals surface area contributed by atoms with Crippen LogP contribution < -0.4 is 0 Å². The van der Waals surface area contributed by atoms with E-state index in [1.807, 2.05) is 6.07 Å². The fraction of sp³-hybridized carbons (Fsp3) is 0.0370. The van der Waals surface area contributed by atoms with Crippen molar-refractivity contribution in [2.24, 2.45) is 0 Å². The summed E-state index contributed by atoms with van der Waals surface area (Å²) in [5, 5.41) is 0. The van der Waals surface area contributed by atoms with Crippen LogP contribution >= 0.6 is 0 Å². The molecule has 2 nitrogen and oxygen atoms in total. The van der Waals surface area contributed by atoms with E-state index in [2.05, 4.69) is 200 Å². The van der Waals surface area contributed by atoms with Gasteiger partial charge in [0.25, 0.3) is 0 Å². The Labute approximate surface area is 326 Å². The van der Waals surface area contributed by atoms with Crippen LogP contribution in [-0.2, 0) is 10.8 Å². The molecular formula is C54H34N2. The molecular weight excluding hydrogens is 677 g/mol. The molecule has 0 radical (unpaired) electrons. The van der Waals surface area contributed by atoms with Crippen LogP contribution in [0.25, 0.3) is 56.2 Å². The summed E-state index contributed by atoms with van der Waals surface area (Å²) in [4.78, 5) is 10.5. The molecule has 2 spiro atoms. The van der Waals surface area contributed by atoms with Crippen LogP contribution in [0.3, 0.4) is 0 Å². The maximum absolute atomic E-state index is 5.37. The lowest BCUT2D eigenvalue weighted by atomic mass is 9.52. The quantitative estimate of drug-likeness (QED) is 0.182. The Morgan fingerprint density at radius 2 is 0.643 bits per heavy atom. The van der Waals surface area contributed by atoms with Crippen molar-refractivity contribution in [1.29, 1.82) is 0 Å². The summed E-state index contributed by atoms with van der Waals surface area (Å²) in [6, 6.07) is 75.6. The normalized spacial score (nSPS) is 14.4. The molecule has 9 aromatic rings. The molecule has 3 aliphatic carbocycles. The predicted octanol–water partition coefficient (Wildman–Crippen LogP) is 12.5. The first-order chi connectivity index (χ1) is 27.8. The van der Waals surface area contributed by atoms with Gasteiger partial charge >= 0.3 is 0 Å². The second kappa shape index (κ2) is 11.7. The van der Waals surface area contributed by atoms with E-state index in [-0.39, 0.29) is 0 Å². The van der Waals surface area contributed by atoms with Gasteiger partial charge in [0.05, 0.1) is 22.2 Å². The van der Waals surface area contributed by atoms with Gasteiger partial charge in [-0.3, -0.25) is 0 Å². The summed E-state index contributed by atoms with van der Waals surface area (Å²) in [6.45, 7) is 0. The SMILES string of the molecule is c1ccc(-c2cc(-c3cccc4c3-c3ccccc3C43c4ccccc4C4(c5ccccc5-c5ccccc54)c4ccccc43)nc(-c3ccccc3)n2)cc1. The summed E-state index contributed by atoms with van der Waals surface area (Å²) in [5.74, 6) is 0.717. The molecule has 0 bridgehead atoms. The number of benzene rings is 8. The molecule has 8 aromatic carbocycles. The van der Waals surface area contributed by atoms with Gasteiger partial charge < -0.3 is 0 Å². The minimum absolute atomic E-state index is 0.469. The van der Waals surface area contributed by atoms with E-state index >= 15 is 0 Å². The zero-order chi connectivity index (χ0) is 36.8. The number of aromatic nitrogens is 2. The summed E-state index contributed by atoms with van der Waals surface area (Å²) in [6.07, 6.45) is 0. The standard InChI is InChI=1S/C54H34N2/c1-3-18-35(19-4-1)49-34-50(56-52(55-49)36-20-5-2-6-21-36)40-25-17-33-48-51(40)39-24-9-12-28-43(39)54(48)46-31-15-13-29-44(46)53(45-30-14-16-32-47(45)54)41-26-10-7-22-37(41)38-23-8-11-27-42(38)53/h1-34H. The molecule has 0 atom stereocenters. The molecule has 0 amide bonds.